The van der Waals surface area contributed by atoms with Crippen LogP contribution < -0.4 is 10.1 Å². The van der Waals surface area contributed by atoms with Crippen LogP contribution in [0.4, 0.5) is 0 Å². The molecular weight excluding hydrogens is 440 g/mol. The highest BCUT2D eigenvalue weighted by Crippen LogP contribution is 2.31. The summed E-state index contributed by atoms with van der Waals surface area (Å²) in [7, 11) is 1.70. The summed E-state index contributed by atoms with van der Waals surface area (Å²) in [6, 6.07) is 22.3. The third kappa shape index (κ3) is 4.78. The predicted octanol–water partition coefficient (Wildman–Crippen LogP) is 3.53. The maximum absolute atomic E-state index is 13.1. The number of amides is 1. The summed E-state index contributed by atoms with van der Waals surface area (Å²) >= 11 is 0. The minimum atomic E-state index is -0.182. The van der Waals surface area contributed by atoms with Crippen molar-refractivity contribution in [3.05, 3.63) is 94.8 Å². The number of nitrogens with one attached hydrogen (secondary N) is 1. The van der Waals surface area contributed by atoms with Crippen molar-refractivity contribution in [3.63, 3.8) is 0 Å². The molecule has 7 nitrogen and oxygen atoms in total. The number of nitrogens with zero attached hydrogens (tertiary/aromatic N) is 3. The maximum atomic E-state index is 13.1. The first-order chi connectivity index (χ1) is 17.2. The fourth-order valence-electron chi connectivity index (χ4n) is 4.90. The van der Waals surface area contributed by atoms with Crippen LogP contribution in [-0.2, 0) is 32.6 Å². The number of aliphatic hydroxyl groups excluding tert-OH is 1. The first-order valence-corrected chi connectivity index (χ1v) is 12.0. The smallest absolute Gasteiger partial charge is 0.272 e. The molecule has 0 aliphatic carbocycles. The van der Waals surface area contributed by atoms with E-state index in [4.69, 9.17) is 4.74 Å². The average molecular weight is 471 g/mol. The number of ether oxygens (including phenoxy) is 1. The van der Waals surface area contributed by atoms with E-state index in [2.05, 4.69) is 33.5 Å². The second-order valence-electron chi connectivity index (χ2n) is 8.82. The number of carbonyl (C=O) groups is 1. The summed E-state index contributed by atoms with van der Waals surface area (Å²) in [4.78, 5) is 15.5. The molecule has 180 valence electrons. The number of fused-ring (bicyclic) bond motifs is 2. The van der Waals surface area contributed by atoms with Gasteiger partial charge in [0.25, 0.3) is 5.91 Å². The Morgan fingerprint density at radius 1 is 1.06 bits per heavy atom. The number of aliphatic hydroxyl groups is 1. The van der Waals surface area contributed by atoms with Gasteiger partial charge < -0.3 is 15.2 Å². The lowest BCUT2D eigenvalue weighted by atomic mass is 10.0. The van der Waals surface area contributed by atoms with E-state index in [-0.39, 0.29) is 12.5 Å². The van der Waals surface area contributed by atoms with E-state index in [1.165, 1.54) is 10.9 Å². The molecule has 0 saturated heterocycles. The molecule has 5 rings (SSSR count). The molecule has 0 unspecified atom stereocenters. The molecule has 1 aliphatic rings. The van der Waals surface area contributed by atoms with Crippen LogP contribution in [0.3, 0.4) is 0 Å². The SMILES string of the molecule is COc1ccc(CN2CCc3c(c(C(=O)NCc4ccccc4)nn3CCO)C2)c2ccccc12. The quantitative estimate of drug-likeness (QED) is 0.412. The van der Waals surface area contributed by atoms with E-state index in [1.54, 1.807) is 11.8 Å². The van der Waals surface area contributed by atoms with Crippen LogP contribution in [0.15, 0.2) is 66.7 Å². The van der Waals surface area contributed by atoms with Crippen molar-refractivity contribution >= 4 is 16.7 Å². The van der Waals surface area contributed by atoms with Gasteiger partial charge in [-0.25, -0.2) is 0 Å². The first kappa shape index (κ1) is 23.1. The summed E-state index contributed by atoms with van der Waals surface area (Å²) in [5, 5.41) is 19.4. The highest BCUT2D eigenvalue weighted by Gasteiger charge is 2.28. The highest BCUT2D eigenvalue weighted by molar-refractivity contribution is 5.94. The second-order valence-corrected chi connectivity index (χ2v) is 8.82. The number of rotatable bonds is 8. The number of benzene rings is 3. The lowest BCUT2D eigenvalue weighted by Crippen LogP contribution is -2.32. The summed E-state index contributed by atoms with van der Waals surface area (Å²) in [6.07, 6.45) is 0.780. The average Bonchev–Trinajstić information content (AvgIpc) is 3.26. The van der Waals surface area contributed by atoms with Gasteiger partial charge in [0, 0.05) is 49.2 Å². The standard InChI is InChI=1S/C28H30N4O3/c1-35-26-12-11-21(22-9-5-6-10-23(22)26)18-31-14-13-25-24(19-31)27(30-32(25)15-16-33)28(34)29-17-20-7-3-2-4-8-20/h2-12,33H,13-19H2,1H3,(H,29,34). The number of methoxy groups -OCH3 is 1. The Hall–Kier alpha value is -3.68. The van der Waals surface area contributed by atoms with Gasteiger partial charge in [0.05, 0.1) is 20.3 Å². The second kappa shape index (κ2) is 10.3. The number of hydrogen-bond acceptors (Lipinski definition) is 5. The molecule has 2 heterocycles. The van der Waals surface area contributed by atoms with Gasteiger partial charge in [-0.2, -0.15) is 5.10 Å². The van der Waals surface area contributed by atoms with Crippen LogP contribution in [0.1, 0.15) is 32.9 Å². The number of aromatic nitrogens is 2. The predicted molar refractivity (Wildman–Crippen MR) is 135 cm³/mol. The Kier molecular flexibility index (Phi) is 6.79. The maximum Gasteiger partial charge on any atom is 0.272 e. The van der Waals surface area contributed by atoms with Crippen LogP contribution in [0.2, 0.25) is 0 Å². The molecule has 1 aromatic heterocycles. The summed E-state index contributed by atoms with van der Waals surface area (Å²) in [6.45, 7) is 3.08. The van der Waals surface area contributed by atoms with E-state index < -0.39 is 0 Å². The Bertz CT molecular complexity index is 1330. The molecule has 0 fully saturated rings. The van der Waals surface area contributed by atoms with E-state index in [0.29, 0.717) is 25.3 Å². The molecule has 0 bridgehead atoms. The van der Waals surface area contributed by atoms with Crippen molar-refractivity contribution in [2.24, 2.45) is 0 Å². The third-order valence-corrected chi connectivity index (χ3v) is 6.62. The minimum Gasteiger partial charge on any atom is -0.496 e. The van der Waals surface area contributed by atoms with E-state index in [0.717, 1.165) is 47.5 Å². The van der Waals surface area contributed by atoms with Gasteiger partial charge in [-0.1, -0.05) is 60.7 Å². The van der Waals surface area contributed by atoms with Crippen LogP contribution in [-0.4, -0.2) is 46.0 Å². The summed E-state index contributed by atoms with van der Waals surface area (Å²) in [5.41, 5.74) is 4.71. The topological polar surface area (TPSA) is 79.6 Å². The summed E-state index contributed by atoms with van der Waals surface area (Å²) in [5.74, 6) is 0.687. The van der Waals surface area contributed by atoms with Gasteiger partial charge >= 0.3 is 0 Å². The van der Waals surface area contributed by atoms with Gasteiger partial charge in [-0.3, -0.25) is 14.4 Å². The molecule has 2 N–H and O–H groups in total. The number of carbonyl (C=O) groups excluding carboxylic acids is 1. The lowest BCUT2D eigenvalue weighted by Gasteiger charge is -2.28. The van der Waals surface area contributed by atoms with Crippen molar-refractivity contribution in [2.75, 3.05) is 20.3 Å². The zero-order valence-electron chi connectivity index (χ0n) is 19.9. The van der Waals surface area contributed by atoms with Crippen LogP contribution in [0, 0.1) is 0 Å². The summed E-state index contributed by atoms with van der Waals surface area (Å²) < 4.78 is 7.35. The van der Waals surface area contributed by atoms with Gasteiger partial charge in [0.1, 0.15) is 5.75 Å². The molecule has 3 aromatic carbocycles. The molecular formula is C28H30N4O3. The Morgan fingerprint density at radius 3 is 2.60 bits per heavy atom. The van der Waals surface area contributed by atoms with Crippen molar-refractivity contribution in [1.82, 2.24) is 20.0 Å². The van der Waals surface area contributed by atoms with Crippen molar-refractivity contribution in [1.29, 1.82) is 0 Å². The highest BCUT2D eigenvalue weighted by atomic mass is 16.5. The monoisotopic (exact) mass is 470 g/mol. The molecule has 7 heteroatoms. The zero-order chi connectivity index (χ0) is 24.2. The van der Waals surface area contributed by atoms with E-state index in [9.17, 15) is 9.90 Å². The Morgan fingerprint density at radius 2 is 1.83 bits per heavy atom. The minimum absolute atomic E-state index is 0.0131. The molecule has 0 saturated carbocycles. The molecule has 35 heavy (non-hydrogen) atoms. The van der Waals surface area contributed by atoms with Gasteiger partial charge in [-0.15, -0.1) is 0 Å². The Labute approximate surface area is 204 Å². The molecule has 1 amide bonds. The molecule has 4 aromatic rings. The van der Waals surface area contributed by atoms with E-state index >= 15 is 0 Å². The Balaban J connectivity index is 1.39. The van der Waals surface area contributed by atoms with Crippen LogP contribution >= 0.6 is 0 Å². The van der Waals surface area contributed by atoms with E-state index in [1.807, 2.05) is 48.5 Å². The zero-order valence-corrected chi connectivity index (χ0v) is 19.9. The van der Waals surface area contributed by atoms with Crippen LogP contribution in [0.25, 0.3) is 10.8 Å². The van der Waals surface area contributed by atoms with Gasteiger partial charge in [0.15, 0.2) is 5.69 Å². The molecule has 0 atom stereocenters. The molecule has 0 spiro atoms. The molecule has 1 aliphatic heterocycles. The molecule has 0 radical (unpaired) electrons. The van der Waals surface area contributed by atoms with Crippen molar-refractivity contribution in [3.8, 4) is 5.75 Å². The normalized spacial score (nSPS) is 13.5. The van der Waals surface area contributed by atoms with Gasteiger partial charge in [0.2, 0.25) is 0 Å². The fraction of sp³-hybridized carbons (Fsp3) is 0.286. The van der Waals surface area contributed by atoms with Crippen LogP contribution in [0.5, 0.6) is 5.75 Å². The largest absolute Gasteiger partial charge is 0.496 e. The number of hydrogen-bond donors (Lipinski definition) is 2. The third-order valence-electron chi connectivity index (χ3n) is 6.62. The van der Waals surface area contributed by atoms with Gasteiger partial charge in [-0.05, 0) is 22.6 Å². The van der Waals surface area contributed by atoms with Crippen molar-refractivity contribution < 1.29 is 14.6 Å². The fourth-order valence-corrected chi connectivity index (χ4v) is 4.90. The lowest BCUT2D eigenvalue weighted by molar-refractivity contribution is 0.0942. The first-order valence-electron chi connectivity index (χ1n) is 12.0. The van der Waals surface area contributed by atoms with Crippen molar-refractivity contribution in [2.45, 2.75) is 32.6 Å².